The van der Waals surface area contributed by atoms with E-state index in [4.69, 9.17) is 17.3 Å². The zero-order valence-corrected chi connectivity index (χ0v) is 10.3. The van der Waals surface area contributed by atoms with Gasteiger partial charge in [0.15, 0.2) is 0 Å². The Morgan fingerprint density at radius 2 is 2.19 bits per heavy atom. The number of benzene rings is 1. The third-order valence-electron chi connectivity index (χ3n) is 2.02. The van der Waals surface area contributed by atoms with Gasteiger partial charge in [0, 0.05) is 18.6 Å². The van der Waals surface area contributed by atoms with E-state index in [1.807, 2.05) is 0 Å². The normalized spacial score (nSPS) is 9.50. The van der Waals surface area contributed by atoms with Gasteiger partial charge in [-0.15, -0.1) is 12.4 Å². The Morgan fingerprint density at radius 1 is 1.56 bits per heavy atom. The lowest BCUT2D eigenvalue weighted by Gasteiger charge is -2.16. The van der Waals surface area contributed by atoms with Crippen LogP contribution >= 0.6 is 24.0 Å². The zero-order chi connectivity index (χ0) is 11.4. The molecule has 0 saturated carbocycles. The minimum absolute atomic E-state index is 0. The van der Waals surface area contributed by atoms with Gasteiger partial charge < -0.3 is 10.6 Å². The van der Waals surface area contributed by atoms with Crippen LogP contribution in [0.25, 0.3) is 0 Å². The Bertz CT molecular complexity index is 374. The van der Waals surface area contributed by atoms with E-state index >= 15 is 0 Å². The molecule has 0 atom stereocenters. The maximum absolute atomic E-state index is 12.7. The molecule has 0 radical (unpaired) electrons. The topological polar surface area (TPSA) is 46.3 Å². The number of amides is 1. The summed E-state index contributed by atoms with van der Waals surface area (Å²) in [6.07, 6.45) is 0. The molecule has 0 heterocycles. The van der Waals surface area contributed by atoms with E-state index in [-0.39, 0.29) is 24.9 Å². The average Bonchev–Trinajstić information content (AvgIpc) is 2.20. The number of hydrogen-bond donors (Lipinski definition) is 1. The molecule has 90 valence electrons. The van der Waals surface area contributed by atoms with Crippen molar-refractivity contribution < 1.29 is 9.18 Å². The third kappa shape index (κ3) is 3.96. The zero-order valence-electron chi connectivity index (χ0n) is 8.74. The molecule has 0 aliphatic rings. The molecular weight excluding hydrogens is 254 g/mol. The molecule has 0 bridgehead atoms. The minimum atomic E-state index is -0.392. The fourth-order valence-electron chi connectivity index (χ4n) is 1.15. The highest BCUT2D eigenvalue weighted by molar-refractivity contribution is 6.31. The Kier molecular flexibility index (Phi) is 6.33. The first kappa shape index (κ1) is 15.2. The van der Waals surface area contributed by atoms with Gasteiger partial charge >= 0.3 is 0 Å². The van der Waals surface area contributed by atoms with E-state index in [9.17, 15) is 9.18 Å². The van der Waals surface area contributed by atoms with Crippen LogP contribution in [0.15, 0.2) is 18.2 Å². The summed E-state index contributed by atoms with van der Waals surface area (Å²) < 4.78 is 12.7. The summed E-state index contributed by atoms with van der Waals surface area (Å²) in [5.74, 6) is -0.577. The molecular formula is C10H13Cl2FN2O. The maximum Gasteiger partial charge on any atom is 0.236 e. The van der Waals surface area contributed by atoms with Crippen molar-refractivity contribution in [1.82, 2.24) is 4.90 Å². The lowest BCUT2D eigenvalue weighted by Crippen LogP contribution is -2.32. The molecule has 0 saturated heterocycles. The van der Waals surface area contributed by atoms with Crippen LogP contribution in [0.2, 0.25) is 5.02 Å². The fraction of sp³-hybridized carbons (Fsp3) is 0.300. The molecule has 0 spiro atoms. The van der Waals surface area contributed by atoms with Crippen LogP contribution in [0.4, 0.5) is 4.39 Å². The van der Waals surface area contributed by atoms with E-state index in [1.54, 1.807) is 13.1 Å². The molecule has 2 N–H and O–H groups in total. The van der Waals surface area contributed by atoms with Crippen LogP contribution in [-0.2, 0) is 11.3 Å². The van der Waals surface area contributed by atoms with E-state index < -0.39 is 5.82 Å². The highest BCUT2D eigenvalue weighted by Gasteiger charge is 2.09. The molecule has 0 aromatic heterocycles. The van der Waals surface area contributed by atoms with Crippen LogP contribution in [0.5, 0.6) is 0 Å². The Morgan fingerprint density at radius 3 is 2.69 bits per heavy atom. The van der Waals surface area contributed by atoms with Gasteiger partial charge in [-0.05, 0) is 17.7 Å². The first-order chi connectivity index (χ1) is 7.04. The van der Waals surface area contributed by atoms with Crippen molar-refractivity contribution in [3.05, 3.63) is 34.6 Å². The summed E-state index contributed by atoms with van der Waals surface area (Å²) in [4.78, 5) is 12.6. The van der Waals surface area contributed by atoms with E-state index in [0.29, 0.717) is 17.1 Å². The van der Waals surface area contributed by atoms with Crippen molar-refractivity contribution >= 4 is 29.9 Å². The smallest absolute Gasteiger partial charge is 0.236 e. The molecule has 6 heteroatoms. The number of carbonyl (C=O) groups is 1. The van der Waals surface area contributed by atoms with Gasteiger partial charge in [0.1, 0.15) is 5.82 Å². The summed E-state index contributed by atoms with van der Waals surface area (Å²) in [5.41, 5.74) is 5.90. The average molecular weight is 267 g/mol. The lowest BCUT2D eigenvalue weighted by atomic mass is 10.2. The van der Waals surface area contributed by atoms with Gasteiger partial charge in [0.05, 0.1) is 6.54 Å². The Hall–Kier alpha value is -0.840. The van der Waals surface area contributed by atoms with Crippen molar-refractivity contribution in [2.45, 2.75) is 6.54 Å². The SMILES string of the molecule is CN(Cc1ccc(F)cc1Cl)C(=O)CN.Cl. The number of hydrogen-bond acceptors (Lipinski definition) is 2. The van der Waals surface area contributed by atoms with Crippen molar-refractivity contribution in [2.24, 2.45) is 5.73 Å². The lowest BCUT2D eigenvalue weighted by molar-refractivity contribution is -0.128. The van der Waals surface area contributed by atoms with Crippen molar-refractivity contribution in [1.29, 1.82) is 0 Å². The molecule has 0 aliphatic heterocycles. The Labute approximate surface area is 105 Å². The molecule has 0 aliphatic carbocycles. The van der Waals surface area contributed by atoms with Crippen molar-refractivity contribution in [2.75, 3.05) is 13.6 Å². The monoisotopic (exact) mass is 266 g/mol. The van der Waals surface area contributed by atoms with E-state index in [1.165, 1.54) is 17.0 Å². The minimum Gasteiger partial charge on any atom is -0.340 e. The molecule has 1 aromatic rings. The summed E-state index contributed by atoms with van der Waals surface area (Å²) in [7, 11) is 1.62. The molecule has 1 aromatic carbocycles. The molecule has 3 nitrogen and oxygen atoms in total. The first-order valence-electron chi connectivity index (χ1n) is 4.42. The van der Waals surface area contributed by atoms with E-state index in [2.05, 4.69) is 0 Å². The highest BCUT2D eigenvalue weighted by Crippen LogP contribution is 2.18. The summed E-state index contributed by atoms with van der Waals surface area (Å²) in [5, 5.41) is 0.312. The maximum atomic E-state index is 12.7. The van der Waals surface area contributed by atoms with Crippen LogP contribution in [0.1, 0.15) is 5.56 Å². The number of nitrogens with zero attached hydrogens (tertiary/aromatic N) is 1. The summed E-state index contributed by atoms with van der Waals surface area (Å²) in [6.45, 7) is 0.282. The number of carbonyl (C=O) groups excluding carboxylic acids is 1. The predicted octanol–water partition coefficient (Wildman–Crippen LogP) is 1.82. The van der Waals surface area contributed by atoms with Gasteiger partial charge in [0.2, 0.25) is 5.91 Å². The quantitative estimate of drug-likeness (QED) is 0.908. The second-order valence-corrected chi connectivity index (χ2v) is 3.60. The number of nitrogens with two attached hydrogens (primary N) is 1. The molecule has 0 fully saturated rings. The van der Waals surface area contributed by atoms with Gasteiger partial charge in [0.25, 0.3) is 0 Å². The van der Waals surface area contributed by atoms with E-state index in [0.717, 1.165) is 0 Å². The van der Waals surface area contributed by atoms with Crippen molar-refractivity contribution in [3.8, 4) is 0 Å². The Balaban J connectivity index is 0.00000225. The molecule has 1 amide bonds. The highest BCUT2D eigenvalue weighted by atomic mass is 35.5. The predicted molar refractivity (Wildman–Crippen MR) is 64.2 cm³/mol. The second-order valence-electron chi connectivity index (χ2n) is 3.19. The van der Waals surface area contributed by atoms with Crippen LogP contribution < -0.4 is 5.73 Å². The van der Waals surface area contributed by atoms with Gasteiger partial charge in [-0.1, -0.05) is 17.7 Å². The molecule has 0 unspecified atom stereocenters. The largest absolute Gasteiger partial charge is 0.340 e. The fourth-order valence-corrected chi connectivity index (χ4v) is 1.38. The van der Waals surface area contributed by atoms with Crippen LogP contribution in [-0.4, -0.2) is 24.4 Å². The standard InChI is InChI=1S/C10H12ClFN2O.ClH/c1-14(10(15)5-13)6-7-2-3-8(12)4-9(7)11;/h2-4H,5-6,13H2,1H3;1H. The van der Waals surface area contributed by atoms with Crippen molar-refractivity contribution in [3.63, 3.8) is 0 Å². The second kappa shape index (κ2) is 6.68. The van der Waals surface area contributed by atoms with Crippen LogP contribution in [0, 0.1) is 5.82 Å². The van der Waals surface area contributed by atoms with Gasteiger partial charge in [-0.25, -0.2) is 4.39 Å². The third-order valence-corrected chi connectivity index (χ3v) is 2.37. The number of halogens is 3. The number of likely N-dealkylation sites (N-methyl/N-ethyl adjacent to an activating group) is 1. The summed E-state index contributed by atoms with van der Waals surface area (Å²) in [6, 6.07) is 4.08. The molecule has 1 rings (SSSR count). The van der Waals surface area contributed by atoms with Gasteiger partial charge in [-0.3, -0.25) is 4.79 Å². The van der Waals surface area contributed by atoms with Crippen LogP contribution in [0.3, 0.4) is 0 Å². The summed E-state index contributed by atoms with van der Waals surface area (Å²) >= 11 is 5.81. The molecule has 16 heavy (non-hydrogen) atoms. The number of rotatable bonds is 3. The van der Waals surface area contributed by atoms with Gasteiger partial charge in [-0.2, -0.15) is 0 Å². The first-order valence-corrected chi connectivity index (χ1v) is 4.80.